The lowest BCUT2D eigenvalue weighted by molar-refractivity contribution is 0.626. The van der Waals surface area contributed by atoms with Crippen molar-refractivity contribution >= 4 is 27.3 Å². The second kappa shape index (κ2) is 4.47. The molecule has 2 heterocycles. The van der Waals surface area contributed by atoms with Gasteiger partial charge in [-0.05, 0) is 29.0 Å². The van der Waals surface area contributed by atoms with Gasteiger partial charge < -0.3 is 9.88 Å². The minimum Gasteiger partial charge on any atom is -0.336 e. The van der Waals surface area contributed by atoms with Crippen LogP contribution in [0.25, 0.3) is 0 Å². The minimum atomic E-state index is 0.168. The quantitative estimate of drug-likeness (QED) is 0.939. The van der Waals surface area contributed by atoms with Crippen LogP contribution in [0.5, 0.6) is 0 Å². The standard InChI is InChI=1S/C10H12BrN3S/c1-12-9(8-5-7(11)6-15-8)10-13-3-4-14(10)2/h3-6,9,12H,1-2H3. The van der Waals surface area contributed by atoms with Crippen molar-refractivity contribution in [1.29, 1.82) is 0 Å². The van der Waals surface area contributed by atoms with Gasteiger partial charge in [-0.1, -0.05) is 0 Å². The molecule has 0 fully saturated rings. The lowest BCUT2D eigenvalue weighted by Gasteiger charge is -2.13. The molecule has 1 unspecified atom stereocenters. The van der Waals surface area contributed by atoms with Crippen molar-refractivity contribution < 1.29 is 0 Å². The summed E-state index contributed by atoms with van der Waals surface area (Å²) in [4.78, 5) is 5.63. The third-order valence-electron chi connectivity index (χ3n) is 2.28. The van der Waals surface area contributed by atoms with E-state index in [0.717, 1.165) is 10.3 Å². The molecule has 1 atom stereocenters. The predicted octanol–water partition coefficient (Wildman–Crippen LogP) is 2.55. The fraction of sp³-hybridized carbons (Fsp3) is 0.300. The molecule has 0 aliphatic heterocycles. The molecule has 1 N–H and O–H groups in total. The van der Waals surface area contributed by atoms with E-state index >= 15 is 0 Å². The Kier molecular flexibility index (Phi) is 3.23. The Morgan fingerprint density at radius 1 is 1.60 bits per heavy atom. The number of rotatable bonds is 3. The number of nitrogens with zero attached hydrogens (tertiary/aromatic N) is 2. The summed E-state index contributed by atoms with van der Waals surface area (Å²) < 4.78 is 3.16. The fourth-order valence-corrected chi connectivity index (χ4v) is 3.08. The van der Waals surface area contributed by atoms with Gasteiger partial charge in [-0.3, -0.25) is 0 Å². The molecule has 5 heteroatoms. The highest BCUT2D eigenvalue weighted by Crippen LogP contribution is 2.28. The van der Waals surface area contributed by atoms with Crippen LogP contribution in [-0.4, -0.2) is 16.6 Å². The van der Waals surface area contributed by atoms with Gasteiger partial charge in [0.1, 0.15) is 11.9 Å². The molecule has 0 spiro atoms. The normalized spacial score (nSPS) is 13.0. The van der Waals surface area contributed by atoms with Crippen LogP contribution < -0.4 is 5.32 Å². The van der Waals surface area contributed by atoms with Crippen LogP contribution in [0.4, 0.5) is 0 Å². The average Bonchev–Trinajstić information content (AvgIpc) is 2.79. The first-order valence-electron chi connectivity index (χ1n) is 4.61. The Morgan fingerprint density at radius 2 is 2.40 bits per heavy atom. The van der Waals surface area contributed by atoms with Gasteiger partial charge in [0.15, 0.2) is 0 Å². The lowest BCUT2D eigenvalue weighted by Crippen LogP contribution is -2.20. The maximum absolute atomic E-state index is 4.36. The summed E-state index contributed by atoms with van der Waals surface area (Å²) in [5, 5.41) is 5.37. The van der Waals surface area contributed by atoms with E-state index in [1.54, 1.807) is 11.3 Å². The summed E-state index contributed by atoms with van der Waals surface area (Å²) in [5.41, 5.74) is 0. The van der Waals surface area contributed by atoms with E-state index in [0.29, 0.717) is 0 Å². The van der Waals surface area contributed by atoms with E-state index in [9.17, 15) is 0 Å². The smallest absolute Gasteiger partial charge is 0.131 e. The van der Waals surface area contributed by atoms with Gasteiger partial charge in [-0.15, -0.1) is 11.3 Å². The van der Waals surface area contributed by atoms with Crippen LogP contribution in [0.2, 0.25) is 0 Å². The highest BCUT2D eigenvalue weighted by atomic mass is 79.9. The number of hydrogen-bond acceptors (Lipinski definition) is 3. The number of nitrogens with one attached hydrogen (secondary N) is 1. The summed E-state index contributed by atoms with van der Waals surface area (Å²) in [5.74, 6) is 1.03. The Labute approximate surface area is 101 Å². The number of hydrogen-bond donors (Lipinski definition) is 1. The number of imidazole rings is 1. The number of aryl methyl sites for hydroxylation is 1. The van der Waals surface area contributed by atoms with Crippen LogP contribution in [0.15, 0.2) is 28.3 Å². The summed E-state index contributed by atoms with van der Waals surface area (Å²) in [6, 6.07) is 2.29. The molecule has 80 valence electrons. The summed E-state index contributed by atoms with van der Waals surface area (Å²) in [6.07, 6.45) is 3.78. The highest BCUT2D eigenvalue weighted by molar-refractivity contribution is 9.10. The second-order valence-corrected chi connectivity index (χ2v) is 5.14. The SMILES string of the molecule is CNC(c1cc(Br)cs1)c1nccn1C. The predicted molar refractivity (Wildman–Crippen MR) is 66.1 cm³/mol. The maximum Gasteiger partial charge on any atom is 0.131 e. The van der Waals surface area contributed by atoms with E-state index in [-0.39, 0.29) is 6.04 Å². The van der Waals surface area contributed by atoms with E-state index in [1.807, 2.05) is 31.1 Å². The molecule has 2 aromatic rings. The first-order chi connectivity index (χ1) is 7.22. The molecule has 0 radical (unpaired) electrons. The average molecular weight is 286 g/mol. The topological polar surface area (TPSA) is 29.9 Å². The number of halogens is 1. The van der Waals surface area contributed by atoms with Crippen LogP contribution >= 0.6 is 27.3 Å². The van der Waals surface area contributed by atoms with E-state index < -0.39 is 0 Å². The van der Waals surface area contributed by atoms with Crippen LogP contribution in [0.1, 0.15) is 16.7 Å². The van der Waals surface area contributed by atoms with E-state index in [2.05, 4.69) is 37.7 Å². The summed E-state index contributed by atoms with van der Waals surface area (Å²) >= 11 is 5.19. The molecular weight excluding hydrogens is 274 g/mol. The molecule has 0 amide bonds. The Morgan fingerprint density at radius 3 is 2.87 bits per heavy atom. The largest absolute Gasteiger partial charge is 0.336 e. The molecule has 0 aromatic carbocycles. The molecule has 15 heavy (non-hydrogen) atoms. The maximum atomic E-state index is 4.36. The summed E-state index contributed by atoms with van der Waals surface area (Å²) in [6.45, 7) is 0. The van der Waals surface area contributed by atoms with Crippen LogP contribution in [0.3, 0.4) is 0 Å². The molecule has 2 aromatic heterocycles. The Balaban J connectivity index is 2.36. The third-order valence-corrected chi connectivity index (χ3v) is 4.04. The second-order valence-electron chi connectivity index (χ2n) is 3.29. The van der Waals surface area contributed by atoms with Crippen molar-refractivity contribution in [3.8, 4) is 0 Å². The zero-order chi connectivity index (χ0) is 10.8. The van der Waals surface area contributed by atoms with Crippen molar-refractivity contribution in [2.24, 2.45) is 7.05 Å². The van der Waals surface area contributed by atoms with E-state index in [1.165, 1.54) is 4.88 Å². The van der Waals surface area contributed by atoms with Gasteiger partial charge in [-0.25, -0.2) is 4.98 Å². The molecular formula is C10H12BrN3S. The zero-order valence-corrected chi connectivity index (χ0v) is 11.0. The molecule has 0 aliphatic rings. The van der Waals surface area contributed by atoms with Crippen molar-refractivity contribution in [3.63, 3.8) is 0 Å². The third kappa shape index (κ3) is 2.14. The van der Waals surface area contributed by atoms with Gasteiger partial charge in [0.2, 0.25) is 0 Å². The van der Waals surface area contributed by atoms with Gasteiger partial charge in [0.25, 0.3) is 0 Å². The molecule has 0 bridgehead atoms. The van der Waals surface area contributed by atoms with Gasteiger partial charge in [0.05, 0.1) is 0 Å². The van der Waals surface area contributed by atoms with Crippen LogP contribution in [-0.2, 0) is 7.05 Å². The van der Waals surface area contributed by atoms with Crippen molar-refractivity contribution in [3.05, 3.63) is 39.0 Å². The monoisotopic (exact) mass is 285 g/mol. The van der Waals surface area contributed by atoms with Gasteiger partial charge in [-0.2, -0.15) is 0 Å². The first kappa shape index (κ1) is 10.9. The molecule has 3 nitrogen and oxygen atoms in total. The zero-order valence-electron chi connectivity index (χ0n) is 8.57. The molecule has 2 rings (SSSR count). The number of aromatic nitrogens is 2. The van der Waals surface area contributed by atoms with Crippen LogP contribution in [0, 0.1) is 0 Å². The minimum absolute atomic E-state index is 0.168. The lowest BCUT2D eigenvalue weighted by atomic mass is 10.2. The Hall–Kier alpha value is -0.650. The van der Waals surface area contributed by atoms with Gasteiger partial charge >= 0.3 is 0 Å². The van der Waals surface area contributed by atoms with Crippen molar-refractivity contribution in [2.45, 2.75) is 6.04 Å². The van der Waals surface area contributed by atoms with Crippen molar-refractivity contribution in [1.82, 2.24) is 14.9 Å². The summed E-state index contributed by atoms with van der Waals surface area (Å²) in [7, 11) is 3.96. The van der Waals surface area contributed by atoms with Crippen molar-refractivity contribution in [2.75, 3.05) is 7.05 Å². The fourth-order valence-electron chi connectivity index (χ4n) is 1.53. The molecule has 0 saturated carbocycles. The Bertz CT molecular complexity index is 449. The number of thiophene rings is 1. The molecule has 0 aliphatic carbocycles. The highest BCUT2D eigenvalue weighted by Gasteiger charge is 2.17. The molecule has 0 saturated heterocycles. The van der Waals surface area contributed by atoms with E-state index in [4.69, 9.17) is 0 Å². The van der Waals surface area contributed by atoms with Gasteiger partial charge in [0, 0.05) is 34.2 Å². The first-order valence-corrected chi connectivity index (χ1v) is 6.28.